The summed E-state index contributed by atoms with van der Waals surface area (Å²) in [5.74, 6) is 0.655. The summed E-state index contributed by atoms with van der Waals surface area (Å²) in [5, 5.41) is 0. The Morgan fingerprint density at radius 1 is 1.50 bits per heavy atom. The lowest BCUT2D eigenvalue weighted by Crippen LogP contribution is -2.40. The summed E-state index contributed by atoms with van der Waals surface area (Å²) in [7, 11) is 0. The second kappa shape index (κ2) is 6.18. The number of nitrogens with zero attached hydrogens (tertiary/aromatic N) is 1. The van der Waals surface area contributed by atoms with Crippen LogP contribution in [0.2, 0.25) is 0 Å². The summed E-state index contributed by atoms with van der Waals surface area (Å²) in [6, 6.07) is 0. The Kier molecular flexibility index (Phi) is 5.19. The fraction of sp³-hybridized carbons (Fsp3) is 0.833. The average molecular weight is 242 g/mol. The molecule has 0 radical (unpaired) electrons. The van der Waals surface area contributed by atoms with Crippen LogP contribution < -0.4 is 5.73 Å². The van der Waals surface area contributed by atoms with Crippen molar-refractivity contribution in [2.75, 3.05) is 13.1 Å². The molecule has 0 aromatic carbocycles. The molecule has 0 bridgehead atoms. The number of nitrogens with two attached hydrogens (primary N) is 1. The van der Waals surface area contributed by atoms with Crippen LogP contribution in [0.25, 0.3) is 0 Å². The molecule has 1 atom stereocenters. The van der Waals surface area contributed by atoms with Gasteiger partial charge in [-0.05, 0) is 19.8 Å². The first kappa shape index (κ1) is 13.4. The summed E-state index contributed by atoms with van der Waals surface area (Å²) in [6.45, 7) is 5.41. The third-order valence-corrected chi connectivity index (χ3v) is 3.78. The third-order valence-electron chi connectivity index (χ3n) is 3.38. The van der Waals surface area contributed by atoms with Gasteiger partial charge in [-0.25, -0.2) is 0 Å². The largest absolute Gasteiger partial charge is 0.393 e. The van der Waals surface area contributed by atoms with Gasteiger partial charge in [-0.2, -0.15) is 0 Å². The Labute approximate surface area is 103 Å². The van der Waals surface area contributed by atoms with E-state index in [1.807, 2.05) is 18.7 Å². The summed E-state index contributed by atoms with van der Waals surface area (Å²) < 4.78 is 0. The highest BCUT2D eigenvalue weighted by molar-refractivity contribution is 7.80. The molecule has 3 nitrogen and oxygen atoms in total. The maximum absolute atomic E-state index is 12.2. The van der Waals surface area contributed by atoms with Crippen molar-refractivity contribution < 1.29 is 4.79 Å². The summed E-state index contributed by atoms with van der Waals surface area (Å²) in [5.41, 5.74) is 5.59. The van der Waals surface area contributed by atoms with Gasteiger partial charge in [-0.15, -0.1) is 0 Å². The van der Waals surface area contributed by atoms with Crippen molar-refractivity contribution in [3.05, 3.63) is 0 Å². The number of amides is 1. The molecule has 0 aromatic heterocycles. The van der Waals surface area contributed by atoms with Crippen molar-refractivity contribution in [2.45, 2.75) is 39.5 Å². The van der Waals surface area contributed by atoms with Gasteiger partial charge in [0.25, 0.3) is 0 Å². The van der Waals surface area contributed by atoms with Crippen LogP contribution in [0.5, 0.6) is 0 Å². The number of rotatable bonds is 5. The normalized spacial score (nSPS) is 18.4. The Balaban J connectivity index is 2.52. The fourth-order valence-electron chi connectivity index (χ4n) is 2.23. The van der Waals surface area contributed by atoms with E-state index in [-0.39, 0.29) is 11.8 Å². The van der Waals surface area contributed by atoms with Crippen LogP contribution in [0.1, 0.15) is 39.5 Å². The van der Waals surface area contributed by atoms with E-state index in [4.69, 9.17) is 18.0 Å². The molecular weight excluding hydrogens is 220 g/mol. The van der Waals surface area contributed by atoms with Crippen molar-refractivity contribution in [1.29, 1.82) is 0 Å². The maximum Gasteiger partial charge on any atom is 0.225 e. The number of carbonyl (C=O) groups excluding carboxylic acids is 1. The van der Waals surface area contributed by atoms with Gasteiger partial charge in [-0.1, -0.05) is 32.0 Å². The van der Waals surface area contributed by atoms with E-state index < -0.39 is 0 Å². The SMILES string of the molecule is CCN(CC(C)C(N)=S)C(=O)C1CCCC1. The molecule has 1 saturated carbocycles. The van der Waals surface area contributed by atoms with Crippen molar-refractivity contribution in [3.8, 4) is 0 Å². The Bertz CT molecular complexity index is 262. The monoisotopic (exact) mass is 242 g/mol. The van der Waals surface area contributed by atoms with Crippen molar-refractivity contribution in [1.82, 2.24) is 4.90 Å². The first-order valence-corrected chi connectivity index (χ1v) is 6.55. The van der Waals surface area contributed by atoms with Crippen molar-refractivity contribution in [2.24, 2.45) is 17.6 Å². The molecule has 1 amide bonds. The van der Waals surface area contributed by atoms with Crippen molar-refractivity contribution >= 4 is 23.1 Å². The first-order valence-electron chi connectivity index (χ1n) is 6.14. The van der Waals surface area contributed by atoms with Crippen LogP contribution in [0, 0.1) is 11.8 Å². The minimum atomic E-state index is 0.111. The molecule has 1 fully saturated rings. The molecule has 2 N–H and O–H groups in total. The lowest BCUT2D eigenvalue weighted by atomic mass is 10.1. The predicted octanol–water partition coefficient (Wildman–Crippen LogP) is 1.95. The topological polar surface area (TPSA) is 46.3 Å². The molecule has 0 aliphatic heterocycles. The van der Waals surface area contributed by atoms with Gasteiger partial charge < -0.3 is 10.6 Å². The minimum Gasteiger partial charge on any atom is -0.393 e. The highest BCUT2D eigenvalue weighted by Crippen LogP contribution is 2.26. The molecule has 16 heavy (non-hydrogen) atoms. The molecule has 0 saturated heterocycles. The average Bonchev–Trinajstić information content (AvgIpc) is 2.77. The van der Waals surface area contributed by atoms with Crippen LogP contribution >= 0.6 is 12.2 Å². The zero-order valence-corrected chi connectivity index (χ0v) is 11.1. The molecule has 1 rings (SSSR count). The van der Waals surface area contributed by atoms with Gasteiger partial charge in [0.05, 0.1) is 4.99 Å². The van der Waals surface area contributed by atoms with Gasteiger partial charge in [0.2, 0.25) is 5.91 Å². The smallest absolute Gasteiger partial charge is 0.225 e. The molecule has 92 valence electrons. The molecular formula is C12H22N2OS. The first-order chi connectivity index (χ1) is 7.56. The molecule has 0 aromatic rings. The number of hydrogen-bond donors (Lipinski definition) is 1. The van der Waals surface area contributed by atoms with Crippen LogP contribution in [-0.2, 0) is 4.79 Å². The Hall–Kier alpha value is -0.640. The van der Waals surface area contributed by atoms with Gasteiger partial charge in [-0.3, -0.25) is 4.79 Å². The van der Waals surface area contributed by atoms with E-state index in [9.17, 15) is 4.79 Å². The molecule has 0 heterocycles. The van der Waals surface area contributed by atoms with Crippen molar-refractivity contribution in [3.63, 3.8) is 0 Å². The molecule has 1 aliphatic rings. The standard InChI is InChI=1S/C12H22N2OS/c1-3-14(8-9(2)11(13)16)12(15)10-6-4-5-7-10/h9-10H,3-8H2,1-2H3,(H2,13,16). The van der Waals surface area contributed by atoms with Crippen LogP contribution in [-0.4, -0.2) is 28.9 Å². The quantitative estimate of drug-likeness (QED) is 0.750. The lowest BCUT2D eigenvalue weighted by Gasteiger charge is -2.26. The zero-order valence-electron chi connectivity index (χ0n) is 10.2. The van der Waals surface area contributed by atoms with E-state index in [1.54, 1.807) is 0 Å². The van der Waals surface area contributed by atoms with Crippen LogP contribution in [0.4, 0.5) is 0 Å². The van der Waals surface area contributed by atoms with E-state index in [0.717, 1.165) is 19.4 Å². The number of hydrogen-bond acceptors (Lipinski definition) is 2. The highest BCUT2D eigenvalue weighted by Gasteiger charge is 2.27. The molecule has 0 spiro atoms. The maximum atomic E-state index is 12.2. The van der Waals surface area contributed by atoms with Gasteiger partial charge in [0.15, 0.2) is 0 Å². The molecule has 1 aliphatic carbocycles. The van der Waals surface area contributed by atoms with E-state index in [1.165, 1.54) is 12.8 Å². The van der Waals surface area contributed by atoms with E-state index in [2.05, 4.69) is 0 Å². The third kappa shape index (κ3) is 3.44. The molecule has 1 unspecified atom stereocenters. The summed E-state index contributed by atoms with van der Waals surface area (Å²) >= 11 is 4.95. The van der Waals surface area contributed by atoms with Gasteiger partial charge >= 0.3 is 0 Å². The predicted molar refractivity (Wildman–Crippen MR) is 70.2 cm³/mol. The zero-order chi connectivity index (χ0) is 12.1. The number of carbonyl (C=O) groups is 1. The summed E-state index contributed by atoms with van der Waals surface area (Å²) in [6.07, 6.45) is 4.49. The molecule has 4 heteroatoms. The lowest BCUT2D eigenvalue weighted by molar-refractivity contribution is -0.135. The second-order valence-electron chi connectivity index (χ2n) is 4.66. The second-order valence-corrected chi connectivity index (χ2v) is 5.13. The minimum absolute atomic E-state index is 0.111. The fourth-order valence-corrected chi connectivity index (χ4v) is 2.30. The van der Waals surface area contributed by atoms with E-state index in [0.29, 0.717) is 17.4 Å². The van der Waals surface area contributed by atoms with Gasteiger partial charge in [0, 0.05) is 24.9 Å². The van der Waals surface area contributed by atoms with E-state index >= 15 is 0 Å². The Morgan fingerprint density at radius 3 is 2.50 bits per heavy atom. The summed E-state index contributed by atoms with van der Waals surface area (Å²) in [4.78, 5) is 14.6. The van der Waals surface area contributed by atoms with Crippen LogP contribution in [0.15, 0.2) is 0 Å². The highest BCUT2D eigenvalue weighted by atomic mass is 32.1. The van der Waals surface area contributed by atoms with Gasteiger partial charge in [0.1, 0.15) is 0 Å². The Morgan fingerprint density at radius 2 is 2.06 bits per heavy atom. The van der Waals surface area contributed by atoms with Crippen LogP contribution in [0.3, 0.4) is 0 Å². The number of thiocarbonyl (C=S) groups is 1.